The molecular weight excluding hydrogens is 433 g/mol. The SMILES string of the molecule is CSc1ncc(C(F)(F)F)c(-c2c[nH]c3nc(C(=O)Nc4c(C)noc4C)ccc23)n1. The number of halogens is 3. The predicted molar refractivity (Wildman–Crippen MR) is 108 cm³/mol. The van der Waals surface area contributed by atoms with E-state index in [2.05, 4.69) is 30.4 Å². The number of hydrogen-bond donors (Lipinski definition) is 2. The molecule has 0 saturated carbocycles. The van der Waals surface area contributed by atoms with Crippen molar-refractivity contribution < 1.29 is 22.5 Å². The van der Waals surface area contributed by atoms with Crippen LogP contribution in [0.2, 0.25) is 0 Å². The minimum absolute atomic E-state index is 0.0736. The van der Waals surface area contributed by atoms with Gasteiger partial charge in [0, 0.05) is 23.3 Å². The smallest absolute Gasteiger partial charge is 0.359 e. The summed E-state index contributed by atoms with van der Waals surface area (Å²) < 4.78 is 45.6. The highest BCUT2D eigenvalue weighted by molar-refractivity contribution is 7.98. The van der Waals surface area contributed by atoms with Gasteiger partial charge in [0.05, 0.1) is 5.69 Å². The Bertz CT molecular complexity index is 1280. The molecule has 0 aliphatic carbocycles. The molecule has 8 nitrogen and oxygen atoms in total. The maximum absolute atomic E-state index is 13.5. The summed E-state index contributed by atoms with van der Waals surface area (Å²) in [6.45, 7) is 3.34. The number of aryl methyl sites for hydroxylation is 2. The van der Waals surface area contributed by atoms with Crippen LogP contribution in [0.5, 0.6) is 0 Å². The van der Waals surface area contributed by atoms with E-state index in [4.69, 9.17) is 4.52 Å². The fourth-order valence-corrected chi connectivity index (χ4v) is 3.38. The number of H-pyrrole nitrogens is 1. The van der Waals surface area contributed by atoms with E-state index in [1.807, 2.05) is 0 Å². The summed E-state index contributed by atoms with van der Waals surface area (Å²) >= 11 is 1.13. The highest BCUT2D eigenvalue weighted by Gasteiger charge is 2.36. The average molecular weight is 448 g/mol. The Kier molecular flexibility index (Phi) is 5.17. The third kappa shape index (κ3) is 3.85. The van der Waals surface area contributed by atoms with Crippen molar-refractivity contribution in [1.82, 2.24) is 25.1 Å². The van der Waals surface area contributed by atoms with Crippen molar-refractivity contribution >= 4 is 34.4 Å². The van der Waals surface area contributed by atoms with Crippen molar-refractivity contribution in [3.63, 3.8) is 0 Å². The topological polar surface area (TPSA) is 110 Å². The van der Waals surface area contributed by atoms with Crippen molar-refractivity contribution in [3.8, 4) is 11.3 Å². The number of nitrogens with zero attached hydrogens (tertiary/aromatic N) is 4. The van der Waals surface area contributed by atoms with Crippen LogP contribution in [-0.4, -0.2) is 37.3 Å². The Morgan fingerprint density at radius 2 is 2.00 bits per heavy atom. The molecular formula is C19H15F3N6O2S. The predicted octanol–water partition coefficient (Wildman–Crippen LogP) is 4.62. The lowest BCUT2D eigenvalue weighted by atomic mass is 10.1. The van der Waals surface area contributed by atoms with E-state index in [1.54, 1.807) is 20.1 Å². The number of aromatic amines is 1. The standard InChI is InChI=1S/C19H15F3N6O2S/c1-8-14(9(2)30-28-8)26-17(29)13-5-4-10-11(6-23-16(10)25-13)15-12(19(20,21)22)7-24-18(27-15)31-3/h4-7H,1-3H3,(H,23,25)(H,26,29). The third-order valence-corrected chi connectivity index (χ3v) is 5.11. The lowest BCUT2D eigenvalue weighted by molar-refractivity contribution is -0.137. The molecule has 0 spiro atoms. The number of fused-ring (bicyclic) bond motifs is 1. The first-order valence-corrected chi connectivity index (χ1v) is 10.1. The summed E-state index contributed by atoms with van der Waals surface area (Å²) in [7, 11) is 0. The number of pyridine rings is 1. The maximum Gasteiger partial charge on any atom is 0.419 e. The minimum atomic E-state index is -4.63. The second kappa shape index (κ2) is 7.69. The second-order valence-electron chi connectivity index (χ2n) is 6.57. The van der Waals surface area contributed by atoms with Crippen molar-refractivity contribution in [2.24, 2.45) is 0 Å². The highest BCUT2D eigenvalue weighted by atomic mass is 32.2. The quantitative estimate of drug-likeness (QED) is 0.346. The fourth-order valence-electron chi connectivity index (χ4n) is 3.04. The van der Waals surface area contributed by atoms with Crippen LogP contribution in [0, 0.1) is 13.8 Å². The zero-order chi connectivity index (χ0) is 22.3. The summed E-state index contributed by atoms with van der Waals surface area (Å²) in [5.41, 5.74) is 0.286. The van der Waals surface area contributed by atoms with Crippen LogP contribution < -0.4 is 5.32 Å². The Labute approximate surface area is 177 Å². The van der Waals surface area contributed by atoms with Crippen LogP contribution >= 0.6 is 11.8 Å². The number of hydrogen-bond acceptors (Lipinski definition) is 7. The molecule has 0 aliphatic heterocycles. The number of carbonyl (C=O) groups excluding carboxylic acids is 1. The van der Waals surface area contributed by atoms with Crippen molar-refractivity contribution in [3.05, 3.63) is 47.2 Å². The molecule has 0 aromatic carbocycles. The first kappa shape index (κ1) is 20.8. The van der Waals surface area contributed by atoms with E-state index < -0.39 is 17.6 Å². The Hall–Kier alpha value is -3.41. The molecule has 0 saturated heterocycles. The van der Waals surface area contributed by atoms with Gasteiger partial charge < -0.3 is 14.8 Å². The molecule has 0 radical (unpaired) electrons. The van der Waals surface area contributed by atoms with E-state index >= 15 is 0 Å². The average Bonchev–Trinajstić information content (AvgIpc) is 3.30. The maximum atomic E-state index is 13.5. The molecule has 4 aromatic rings. The summed E-state index contributed by atoms with van der Waals surface area (Å²) in [4.78, 5) is 27.5. The lowest BCUT2D eigenvalue weighted by Gasteiger charge is -2.12. The van der Waals surface area contributed by atoms with Gasteiger partial charge in [-0.3, -0.25) is 4.79 Å². The van der Waals surface area contributed by atoms with Gasteiger partial charge in [-0.25, -0.2) is 15.0 Å². The molecule has 1 amide bonds. The molecule has 0 unspecified atom stereocenters. The molecule has 0 bridgehead atoms. The Morgan fingerprint density at radius 1 is 1.23 bits per heavy atom. The van der Waals surface area contributed by atoms with Gasteiger partial charge in [0.2, 0.25) is 0 Å². The molecule has 0 aliphatic rings. The molecule has 4 rings (SSSR count). The number of nitrogens with one attached hydrogen (secondary N) is 2. The van der Waals surface area contributed by atoms with E-state index in [0.29, 0.717) is 22.5 Å². The van der Waals surface area contributed by atoms with E-state index in [1.165, 1.54) is 18.3 Å². The van der Waals surface area contributed by atoms with Gasteiger partial charge in [0.1, 0.15) is 28.3 Å². The van der Waals surface area contributed by atoms with Crippen LogP contribution in [0.25, 0.3) is 22.3 Å². The number of amides is 1. The van der Waals surface area contributed by atoms with Crippen molar-refractivity contribution in [2.45, 2.75) is 25.2 Å². The van der Waals surface area contributed by atoms with Crippen LogP contribution in [0.1, 0.15) is 27.5 Å². The van der Waals surface area contributed by atoms with Crippen LogP contribution in [0.3, 0.4) is 0 Å². The van der Waals surface area contributed by atoms with Gasteiger partial charge in [0.15, 0.2) is 10.9 Å². The highest BCUT2D eigenvalue weighted by Crippen LogP contribution is 2.38. The Balaban J connectivity index is 1.74. The first-order valence-electron chi connectivity index (χ1n) is 8.90. The zero-order valence-corrected chi connectivity index (χ0v) is 17.3. The monoisotopic (exact) mass is 448 g/mol. The molecule has 0 atom stereocenters. The molecule has 2 N–H and O–H groups in total. The van der Waals surface area contributed by atoms with Gasteiger partial charge in [-0.2, -0.15) is 13.2 Å². The molecule has 4 aromatic heterocycles. The number of rotatable bonds is 4. The number of aromatic nitrogens is 5. The fraction of sp³-hybridized carbons (Fsp3) is 0.211. The van der Waals surface area contributed by atoms with Crippen LogP contribution in [-0.2, 0) is 6.18 Å². The normalized spacial score (nSPS) is 11.8. The van der Waals surface area contributed by atoms with Gasteiger partial charge in [-0.15, -0.1) is 0 Å². The van der Waals surface area contributed by atoms with Crippen molar-refractivity contribution in [2.75, 3.05) is 11.6 Å². The summed E-state index contributed by atoms with van der Waals surface area (Å²) in [6, 6.07) is 2.95. The van der Waals surface area contributed by atoms with Gasteiger partial charge in [-0.05, 0) is 32.2 Å². The lowest BCUT2D eigenvalue weighted by Crippen LogP contribution is -2.14. The first-order chi connectivity index (χ1) is 14.7. The number of anilines is 1. The van der Waals surface area contributed by atoms with E-state index in [-0.39, 0.29) is 27.8 Å². The largest absolute Gasteiger partial charge is 0.419 e. The Morgan fingerprint density at radius 3 is 2.65 bits per heavy atom. The second-order valence-corrected chi connectivity index (χ2v) is 7.34. The van der Waals surface area contributed by atoms with E-state index in [9.17, 15) is 18.0 Å². The third-order valence-electron chi connectivity index (χ3n) is 4.55. The summed E-state index contributed by atoms with van der Waals surface area (Å²) in [5.74, 6) is -0.0581. The molecule has 4 heterocycles. The molecule has 0 fully saturated rings. The zero-order valence-electron chi connectivity index (χ0n) is 16.5. The molecule has 12 heteroatoms. The number of carbonyl (C=O) groups is 1. The van der Waals surface area contributed by atoms with Crippen LogP contribution in [0.4, 0.5) is 18.9 Å². The number of alkyl halides is 3. The number of thioether (sulfide) groups is 1. The van der Waals surface area contributed by atoms with Gasteiger partial charge >= 0.3 is 6.18 Å². The van der Waals surface area contributed by atoms with Gasteiger partial charge in [0.25, 0.3) is 5.91 Å². The van der Waals surface area contributed by atoms with Gasteiger partial charge in [-0.1, -0.05) is 16.9 Å². The summed E-state index contributed by atoms with van der Waals surface area (Å²) in [5, 5.41) is 7.05. The summed E-state index contributed by atoms with van der Waals surface area (Å²) in [6.07, 6.45) is -0.800. The molecule has 31 heavy (non-hydrogen) atoms. The van der Waals surface area contributed by atoms with E-state index in [0.717, 1.165) is 18.0 Å². The minimum Gasteiger partial charge on any atom is -0.359 e. The van der Waals surface area contributed by atoms with Crippen molar-refractivity contribution in [1.29, 1.82) is 0 Å². The van der Waals surface area contributed by atoms with Crippen LogP contribution in [0.15, 0.2) is 34.2 Å². The molecule has 160 valence electrons.